The Morgan fingerprint density at radius 1 is 0.826 bits per heavy atom. The van der Waals surface area contributed by atoms with Crippen LogP contribution < -0.4 is 25.0 Å². The predicted molar refractivity (Wildman–Crippen MR) is 183 cm³/mol. The number of aromatic nitrogens is 4. The number of aromatic amines is 1. The molecule has 46 heavy (non-hydrogen) atoms. The lowest BCUT2D eigenvalue weighted by molar-refractivity contribution is 0.102. The number of aryl methyl sites for hydroxylation is 2. The molecule has 5 rings (SSSR count). The number of ether oxygens (including phenoxy) is 2. The third kappa shape index (κ3) is 10.7. The Morgan fingerprint density at radius 2 is 1.54 bits per heavy atom. The Labute approximate surface area is 274 Å². The molecule has 4 heterocycles. The lowest BCUT2D eigenvalue weighted by atomic mass is 10.1. The van der Waals surface area contributed by atoms with Crippen molar-refractivity contribution in [3.05, 3.63) is 53.6 Å². The summed E-state index contributed by atoms with van der Waals surface area (Å²) in [4.78, 5) is 28.8. The number of nitrogens with zero attached hydrogens (tertiary/aromatic N) is 6. The number of carbonyl (C=O) groups excluding carboxylic acids is 1. The van der Waals surface area contributed by atoms with E-state index >= 15 is 0 Å². The molecule has 0 radical (unpaired) electrons. The van der Waals surface area contributed by atoms with E-state index in [1.807, 2.05) is 24.3 Å². The summed E-state index contributed by atoms with van der Waals surface area (Å²) in [6.07, 6.45) is 7.04. The van der Waals surface area contributed by atoms with Crippen LogP contribution in [0.4, 0.5) is 11.6 Å². The molecule has 3 N–H and O–H groups in total. The second-order valence-electron chi connectivity index (χ2n) is 12.4. The van der Waals surface area contributed by atoms with E-state index in [1.165, 1.54) is 32.3 Å². The molecule has 12 nitrogen and oxygen atoms in total. The molecular weight excluding hydrogens is 582 g/mol. The number of benzene rings is 1. The van der Waals surface area contributed by atoms with Crippen molar-refractivity contribution < 1.29 is 14.3 Å². The Morgan fingerprint density at radius 3 is 2.22 bits per heavy atom. The minimum Gasteiger partial charge on any atom is -0.497 e. The van der Waals surface area contributed by atoms with Gasteiger partial charge >= 0.3 is 0 Å². The molecule has 2 aliphatic rings. The first-order valence-electron chi connectivity index (χ1n) is 16.6. The smallest absolute Gasteiger partial charge is 0.277 e. The molecule has 0 atom stereocenters. The number of hydrogen-bond donors (Lipinski definition) is 3. The first-order chi connectivity index (χ1) is 22.2. The Bertz CT molecular complexity index is 1320. The SMILES string of the molecule is CC(C)N1CCCNCC1.COc1cc(CCc2cc(NC(=O)c3cnc(N4CCCN(C(C)C)CC4)cn3)[nH]n2)cc(OC)c1. The van der Waals surface area contributed by atoms with Gasteiger partial charge in [0.25, 0.3) is 5.91 Å². The van der Waals surface area contributed by atoms with E-state index in [9.17, 15) is 4.79 Å². The van der Waals surface area contributed by atoms with Crippen molar-refractivity contribution in [2.24, 2.45) is 0 Å². The molecule has 2 fully saturated rings. The third-order valence-corrected chi connectivity index (χ3v) is 8.52. The number of hydrogen-bond acceptors (Lipinski definition) is 10. The summed E-state index contributed by atoms with van der Waals surface area (Å²) in [5.74, 6) is 2.49. The summed E-state index contributed by atoms with van der Waals surface area (Å²) in [7, 11) is 3.27. The second kappa shape index (κ2) is 17.8. The average molecular weight is 636 g/mol. The van der Waals surface area contributed by atoms with Crippen LogP contribution in [-0.2, 0) is 12.8 Å². The number of H-pyrrole nitrogens is 1. The monoisotopic (exact) mass is 635 g/mol. The lowest BCUT2D eigenvalue weighted by Gasteiger charge is -2.25. The standard InChI is InChI=1S/C26H35N7O3.C8H18N2/c1-18(2)32-8-5-9-33(11-10-32)25-17-27-23(16-28-25)26(34)29-24-14-20(30-31-24)7-6-19-12-21(35-3)15-22(13-19)36-4;1-8(2)10-6-3-4-9-5-7-10/h12-18H,5-11H2,1-4H3,(H2,29,30,31,34);8-9H,3-7H2,1-2H3. The minimum absolute atomic E-state index is 0.261. The van der Waals surface area contributed by atoms with E-state index in [1.54, 1.807) is 20.4 Å². The summed E-state index contributed by atoms with van der Waals surface area (Å²) in [5, 5.41) is 13.4. The summed E-state index contributed by atoms with van der Waals surface area (Å²) < 4.78 is 10.7. The van der Waals surface area contributed by atoms with Gasteiger partial charge < -0.3 is 25.0 Å². The fraction of sp³-hybridized carbons (Fsp3) is 0.588. The second-order valence-corrected chi connectivity index (χ2v) is 12.4. The molecule has 0 unspecified atom stereocenters. The maximum absolute atomic E-state index is 12.7. The molecule has 12 heteroatoms. The highest BCUT2D eigenvalue weighted by Gasteiger charge is 2.19. The van der Waals surface area contributed by atoms with Gasteiger partial charge in [0.1, 0.15) is 28.8 Å². The predicted octanol–water partition coefficient (Wildman–Crippen LogP) is 3.87. The maximum Gasteiger partial charge on any atom is 0.277 e. The van der Waals surface area contributed by atoms with Crippen molar-refractivity contribution in [2.45, 2.75) is 65.5 Å². The van der Waals surface area contributed by atoms with Crippen molar-refractivity contribution in [2.75, 3.05) is 76.8 Å². The highest BCUT2D eigenvalue weighted by Crippen LogP contribution is 2.23. The van der Waals surface area contributed by atoms with Crippen molar-refractivity contribution in [3.8, 4) is 11.5 Å². The number of methoxy groups -OCH3 is 2. The van der Waals surface area contributed by atoms with Crippen LogP contribution in [0.5, 0.6) is 11.5 Å². The van der Waals surface area contributed by atoms with Crippen LogP contribution in [0.15, 0.2) is 36.7 Å². The van der Waals surface area contributed by atoms with E-state index in [0.29, 0.717) is 18.3 Å². The number of anilines is 2. The lowest BCUT2D eigenvalue weighted by Crippen LogP contribution is -2.35. The molecule has 1 aromatic carbocycles. The van der Waals surface area contributed by atoms with Gasteiger partial charge in [-0.15, -0.1) is 0 Å². The van der Waals surface area contributed by atoms with E-state index in [-0.39, 0.29) is 11.6 Å². The topological polar surface area (TPSA) is 124 Å². The van der Waals surface area contributed by atoms with Crippen LogP contribution in [0.1, 0.15) is 62.3 Å². The molecule has 2 aliphatic heterocycles. The zero-order valence-corrected chi connectivity index (χ0v) is 28.5. The van der Waals surface area contributed by atoms with Gasteiger partial charge in [-0.2, -0.15) is 5.10 Å². The van der Waals surface area contributed by atoms with Gasteiger partial charge in [0.15, 0.2) is 0 Å². The first kappa shape index (κ1) is 35.1. The van der Waals surface area contributed by atoms with Crippen LogP contribution in [-0.4, -0.2) is 115 Å². The molecule has 0 spiro atoms. The zero-order valence-electron chi connectivity index (χ0n) is 28.5. The fourth-order valence-electron chi connectivity index (χ4n) is 5.69. The molecule has 0 bridgehead atoms. The summed E-state index contributed by atoms with van der Waals surface area (Å²) >= 11 is 0. The van der Waals surface area contributed by atoms with Gasteiger partial charge in [-0.3, -0.25) is 19.7 Å². The molecule has 1 amide bonds. The Hall–Kier alpha value is -3.74. The van der Waals surface area contributed by atoms with Crippen LogP contribution in [0.3, 0.4) is 0 Å². The number of nitrogens with one attached hydrogen (secondary N) is 3. The molecule has 2 saturated heterocycles. The maximum atomic E-state index is 12.7. The molecular formula is C34H53N9O3. The van der Waals surface area contributed by atoms with E-state index in [2.05, 4.69) is 73.2 Å². The number of amides is 1. The first-order valence-corrected chi connectivity index (χ1v) is 16.6. The Kier molecular flexibility index (Phi) is 13.6. The molecule has 3 aromatic rings. The van der Waals surface area contributed by atoms with Crippen molar-refractivity contribution >= 4 is 17.5 Å². The summed E-state index contributed by atoms with van der Waals surface area (Å²) in [5.41, 5.74) is 2.18. The van der Waals surface area contributed by atoms with Crippen LogP contribution >= 0.6 is 0 Å². The van der Waals surface area contributed by atoms with Crippen molar-refractivity contribution in [1.29, 1.82) is 0 Å². The molecule has 2 aromatic heterocycles. The zero-order chi connectivity index (χ0) is 32.9. The van der Waals surface area contributed by atoms with Crippen LogP contribution in [0.2, 0.25) is 0 Å². The van der Waals surface area contributed by atoms with Gasteiger partial charge in [-0.05, 0) is 84.2 Å². The minimum atomic E-state index is -0.330. The quantitative estimate of drug-likeness (QED) is 0.303. The van der Waals surface area contributed by atoms with Crippen molar-refractivity contribution in [1.82, 2.24) is 35.3 Å². The van der Waals surface area contributed by atoms with Gasteiger partial charge in [-0.1, -0.05) is 0 Å². The summed E-state index contributed by atoms with van der Waals surface area (Å²) in [6, 6.07) is 8.89. The van der Waals surface area contributed by atoms with E-state index < -0.39 is 0 Å². The van der Waals surface area contributed by atoms with Crippen molar-refractivity contribution in [3.63, 3.8) is 0 Å². The van der Waals surface area contributed by atoms with Crippen LogP contribution in [0, 0.1) is 0 Å². The number of rotatable bonds is 10. The third-order valence-electron chi connectivity index (χ3n) is 8.52. The van der Waals surface area contributed by atoms with Gasteiger partial charge in [0.05, 0.1) is 32.3 Å². The van der Waals surface area contributed by atoms with Gasteiger partial charge in [0.2, 0.25) is 0 Å². The average Bonchev–Trinajstić information content (AvgIpc) is 3.23. The van der Waals surface area contributed by atoms with Gasteiger partial charge in [0, 0.05) is 63.5 Å². The van der Waals surface area contributed by atoms with E-state index in [4.69, 9.17) is 9.47 Å². The fourth-order valence-corrected chi connectivity index (χ4v) is 5.69. The normalized spacial score (nSPS) is 16.4. The highest BCUT2D eigenvalue weighted by atomic mass is 16.5. The molecule has 0 saturated carbocycles. The highest BCUT2D eigenvalue weighted by molar-refractivity contribution is 6.02. The number of carbonyl (C=O) groups is 1. The van der Waals surface area contributed by atoms with Gasteiger partial charge in [-0.25, -0.2) is 9.97 Å². The molecule has 0 aliphatic carbocycles. The summed E-state index contributed by atoms with van der Waals surface area (Å²) in [6.45, 7) is 17.8. The largest absolute Gasteiger partial charge is 0.497 e. The Balaban J connectivity index is 0.000000409. The molecule has 252 valence electrons. The van der Waals surface area contributed by atoms with E-state index in [0.717, 1.165) is 80.2 Å². The van der Waals surface area contributed by atoms with Crippen LogP contribution in [0.25, 0.3) is 0 Å².